The van der Waals surface area contributed by atoms with Gasteiger partial charge in [0.15, 0.2) is 0 Å². The van der Waals surface area contributed by atoms with Crippen LogP contribution in [-0.4, -0.2) is 18.2 Å². The average Bonchev–Trinajstić information content (AvgIpc) is 2.20. The van der Waals surface area contributed by atoms with Crippen LogP contribution in [0.3, 0.4) is 0 Å². The van der Waals surface area contributed by atoms with E-state index in [-0.39, 0.29) is 10.8 Å². The third-order valence-corrected chi connectivity index (χ3v) is 1.48. The molecular weight excluding hydrogens is 223 g/mol. The van der Waals surface area contributed by atoms with Gasteiger partial charge in [0.25, 0.3) is 0 Å². The Morgan fingerprint density at radius 3 is 2.40 bits per heavy atom. The molecular formula is C10H10ClFO3. The second-order valence-corrected chi connectivity index (χ2v) is 2.70. The minimum absolute atomic E-state index is 0.174. The first-order valence-corrected chi connectivity index (χ1v) is 4.28. The Kier molecular flexibility index (Phi) is 7.01. The van der Waals surface area contributed by atoms with Crippen molar-refractivity contribution in [3.05, 3.63) is 47.4 Å². The Morgan fingerprint density at radius 1 is 1.53 bits per heavy atom. The van der Waals surface area contributed by atoms with Crippen molar-refractivity contribution in [1.82, 2.24) is 0 Å². The van der Waals surface area contributed by atoms with Crippen LogP contribution in [0.1, 0.15) is 0 Å². The number of methoxy groups -OCH3 is 1. The van der Waals surface area contributed by atoms with E-state index in [4.69, 9.17) is 16.7 Å². The zero-order valence-electron chi connectivity index (χ0n) is 7.98. The molecule has 0 aliphatic heterocycles. The van der Waals surface area contributed by atoms with Gasteiger partial charge in [0.2, 0.25) is 0 Å². The quantitative estimate of drug-likeness (QED) is 0.630. The number of hydrogen-bond acceptors (Lipinski definition) is 2. The lowest BCUT2D eigenvalue weighted by Crippen LogP contribution is -1.85. The molecule has 0 heterocycles. The lowest BCUT2D eigenvalue weighted by molar-refractivity contribution is -0.131. The lowest BCUT2D eigenvalue weighted by atomic mass is 10.4. The van der Waals surface area contributed by atoms with Crippen LogP contribution < -0.4 is 0 Å². The highest BCUT2D eigenvalue weighted by molar-refractivity contribution is 6.30. The molecule has 0 aromatic heterocycles. The maximum atomic E-state index is 12.2. The van der Waals surface area contributed by atoms with Crippen molar-refractivity contribution >= 4 is 17.6 Å². The van der Waals surface area contributed by atoms with Crippen molar-refractivity contribution in [3.63, 3.8) is 0 Å². The highest BCUT2D eigenvalue weighted by atomic mass is 35.5. The Balaban J connectivity index is 0.000000265. The average molecular weight is 233 g/mol. The maximum Gasteiger partial charge on any atom is 0.331 e. The minimum Gasteiger partial charge on any atom is -0.504 e. The summed E-state index contributed by atoms with van der Waals surface area (Å²) in [5.74, 6) is -1.36. The zero-order valence-corrected chi connectivity index (χ0v) is 8.74. The smallest absolute Gasteiger partial charge is 0.331 e. The summed E-state index contributed by atoms with van der Waals surface area (Å²) in [5, 5.41) is 8.05. The molecule has 1 aromatic carbocycles. The topological polar surface area (TPSA) is 46.5 Å². The molecule has 0 saturated carbocycles. The third kappa shape index (κ3) is 7.52. The number of carboxylic acid groups (broad SMARTS) is 1. The molecule has 0 unspecified atom stereocenters. The molecule has 0 spiro atoms. The van der Waals surface area contributed by atoms with Gasteiger partial charge < -0.3 is 9.84 Å². The summed E-state index contributed by atoms with van der Waals surface area (Å²) < 4.78 is 16.5. The fourth-order valence-corrected chi connectivity index (χ4v) is 0.701. The van der Waals surface area contributed by atoms with Crippen molar-refractivity contribution in [2.24, 2.45) is 0 Å². The van der Waals surface area contributed by atoms with Gasteiger partial charge in [0.05, 0.1) is 24.5 Å². The normalized spacial score (nSPS) is 9.27. The van der Waals surface area contributed by atoms with Gasteiger partial charge in [-0.15, -0.1) is 0 Å². The molecule has 0 atom stereocenters. The van der Waals surface area contributed by atoms with Crippen LogP contribution in [0.2, 0.25) is 5.02 Å². The van der Waals surface area contributed by atoms with Crippen molar-refractivity contribution in [3.8, 4) is 0 Å². The molecule has 5 heteroatoms. The first kappa shape index (κ1) is 13.5. The molecule has 3 nitrogen and oxygen atoms in total. The molecule has 15 heavy (non-hydrogen) atoms. The highest BCUT2D eigenvalue weighted by Gasteiger charge is 1.91. The lowest BCUT2D eigenvalue weighted by Gasteiger charge is -1.86. The first-order valence-electron chi connectivity index (χ1n) is 3.90. The molecule has 1 rings (SSSR count). The van der Waals surface area contributed by atoms with E-state index in [2.05, 4.69) is 4.74 Å². The van der Waals surface area contributed by atoms with Gasteiger partial charge in [-0.3, -0.25) is 0 Å². The number of carboxylic acids is 1. The van der Waals surface area contributed by atoms with E-state index in [0.717, 1.165) is 12.3 Å². The van der Waals surface area contributed by atoms with E-state index >= 15 is 0 Å². The van der Waals surface area contributed by atoms with Crippen LogP contribution in [0.5, 0.6) is 0 Å². The number of aliphatic carboxylic acids is 1. The number of carbonyl (C=O) groups is 1. The van der Waals surface area contributed by atoms with Crippen LogP contribution in [0, 0.1) is 5.82 Å². The predicted octanol–water partition coefficient (Wildman–Crippen LogP) is 2.71. The summed E-state index contributed by atoms with van der Waals surface area (Å²) in [5.41, 5.74) is 0. The second kappa shape index (κ2) is 7.82. The van der Waals surface area contributed by atoms with E-state index in [1.165, 1.54) is 19.2 Å². The van der Waals surface area contributed by atoms with Crippen LogP contribution in [0.15, 0.2) is 36.6 Å². The van der Waals surface area contributed by atoms with Gasteiger partial charge >= 0.3 is 5.97 Å². The van der Waals surface area contributed by atoms with Gasteiger partial charge in [0, 0.05) is 0 Å². The molecule has 0 saturated heterocycles. The van der Waals surface area contributed by atoms with Gasteiger partial charge in [0.1, 0.15) is 5.82 Å². The summed E-state index contributed by atoms with van der Waals surface area (Å²) in [7, 11) is 1.39. The zero-order chi connectivity index (χ0) is 11.7. The molecule has 0 aliphatic carbocycles. The van der Waals surface area contributed by atoms with E-state index in [1.807, 2.05) is 0 Å². The summed E-state index contributed by atoms with van der Waals surface area (Å²) in [6.45, 7) is 0. The standard InChI is InChI=1S/C6H4ClF.C4H6O3/c7-5-3-1-2-4-6(5)8;1-7-3-2-4(5)6/h1-4H;2-3H,1H3,(H,5,6). The molecule has 0 aliphatic rings. The van der Waals surface area contributed by atoms with Crippen molar-refractivity contribution in [2.75, 3.05) is 7.11 Å². The Bertz CT molecular complexity index is 318. The maximum absolute atomic E-state index is 12.2. The summed E-state index contributed by atoms with van der Waals surface area (Å²) in [6, 6.07) is 6.12. The van der Waals surface area contributed by atoms with Gasteiger partial charge in [-0.1, -0.05) is 23.7 Å². The van der Waals surface area contributed by atoms with Gasteiger partial charge in [-0.2, -0.15) is 0 Å². The Morgan fingerprint density at radius 2 is 2.13 bits per heavy atom. The monoisotopic (exact) mass is 232 g/mol. The van der Waals surface area contributed by atoms with E-state index < -0.39 is 5.97 Å². The molecule has 0 radical (unpaired) electrons. The van der Waals surface area contributed by atoms with Crippen molar-refractivity contribution in [1.29, 1.82) is 0 Å². The SMILES string of the molecule is COC=CC(=O)O.Fc1ccccc1Cl. The first-order chi connectivity index (χ1) is 7.07. The molecule has 0 bridgehead atoms. The second-order valence-electron chi connectivity index (χ2n) is 2.29. The Labute approximate surface area is 91.7 Å². The summed E-state index contributed by atoms with van der Waals surface area (Å²) in [6.07, 6.45) is 2.02. The third-order valence-electron chi connectivity index (χ3n) is 1.17. The predicted molar refractivity (Wildman–Crippen MR) is 55.2 cm³/mol. The Hall–Kier alpha value is -1.55. The number of ether oxygens (including phenoxy) is 1. The summed E-state index contributed by atoms with van der Waals surface area (Å²) in [4.78, 5) is 9.59. The van der Waals surface area contributed by atoms with Crippen LogP contribution >= 0.6 is 11.6 Å². The van der Waals surface area contributed by atoms with E-state index in [9.17, 15) is 9.18 Å². The van der Waals surface area contributed by atoms with Crippen LogP contribution in [-0.2, 0) is 9.53 Å². The van der Waals surface area contributed by atoms with Crippen molar-refractivity contribution < 1.29 is 19.0 Å². The molecule has 0 amide bonds. The number of hydrogen-bond donors (Lipinski definition) is 1. The molecule has 1 N–H and O–H groups in total. The van der Waals surface area contributed by atoms with Crippen LogP contribution in [0.4, 0.5) is 4.39 Å². The van der Waals surface area contributed by atoms with E-state index in [1.54, 1.807) is 12.1 Å². The summed E-state index contributed by atoms with van der Waals surface area (Å²) >= 11 is 5.33. The number of rotatable bonds is 2. The molecule has 82 valence electrons. The van der Waals surface area contributed by atoms with Crippen LogP contribution in [0.25, 0.3) is 0 Å². The largest absolute Gasteiger partial charge is 0.504 e. The molecule has 1 aromatic rings. The van der Waals surface area contributed by atoms with E-state index in [0.29, 0.717) is 0 Å². The number of benzene rings is 1. The highest BCUT2D eigenvalue weighted by Crippen LogP contribution is 2.11. The van der Waals surface area contributed by atoms with Gasteiger partial charge in [-0.05, 0) is 12.1 Å². The number of halogens is 2. The van der Waals surface area contributed by atoms with Gasteiger partial charge in [-0.25, -0.2) is 9.18 Å². The minimum atomic E-state index is -0.998. The fourth-order valence-electron chi connectivity index (χ4n) is 0.566. The fraction of sp³-hybridized carbons (Fsp3) is 0.100. The molecule has 0 fully saturated rings. The van der Waals surface area contributed by atoms with Crippen molar-refractivity contribution in [2.45, 2.75) is 0 Å².